The van der Waals surface area contributed by atoms with E-state index in [0.29, 0.717) is 18.3 Å². The van der Waals surface area contributed by atoms with Crippen LogP contribution in [0.1, 0.15) is 29.9 Å². The van der Waals surface area contributed by atoms with Crippen molar-refractivity contribution in [2.45, 2.75) is 26.3 Å². The Morgan fingerprint density at radius 2 is 1.81 bits per heavy atom. The molecule has 1 aliphatic heterocycles. The van der Waals surface area contributed by atoms with Crippen LogP contribution in [0, 0.1) is 0 Å². The average Bonchev–Trinajstić information content (AvgIpc) is 3.05. The van der Waals surface area contributed by atoms with Crippen LogP contribution in [-0.2, 0) is 6.42 Å². The van der Waals surface area contributed by atoms with Gasteiger partial charge < -0.3 is 9.80 Å². The normalized spacial score (nSPS) is 15.5. The van der Waals surface area contributed by atoms with Crippen molar-refractivity contribution < 1.29 is 4.79 Å². The third-order valence-electron chi connectivity index (χ3n) is 4.94. The number of aromatic nitrogens is 2. The largest absolute Gasteiger partial charge is 0.322 e. The van der Waals surface area contributed by atoms with E-state index in [-0.39, 0.29) is 5.91 Å². The van der Waals surface area contributed by atoms with Gasteiger partial charge in [0.2, 0.25) is 0 Å². The summed E-state index contributed by atoms with van der Waals surface area (Å²) >= 11 is 0. The van der Waals surface area contributed by atoms with E-state index in [4.69, 9.17) is 0 Å². The number of fused-ring (bicyclic) bond motifs is 1. The maximum absolute atomic E-state index is 12.9. The number of rotatable bonds is 4. The number of amides is 1. The molecular formula is C22H22N4O. The van der Waals surface area contributed by atoms with E-state index in [2.05, 4.69) is 40.0 Å². The topological polar surface area (TPSA) is 49.3 Å². The zero-order chi connectivity index (χ0) is 18.8. The number of nitrogens with zero attached hydrogens (tertiary/aromatic N) is 4. The van der Waals surface area contributed by atoms with E-state index >= 15 is 0 Å². The summed E-state index contributed by atoms with van der Waals surface area (Å²) in [5.74, 6) is 0.629. The molecule has 1 amide bonds. The maximum atomic E-state index is 12.9. The van der Waals surface area contributed by atoms with Crippen LogP contribution >= 0.6 is 0 Å². The molecule has 3 aromatic rings. The molecule has 1 aromatic heterocycles. The smallest absolute Gasteiger partial charge is 0.278 e. The number of para-hydroxylation sites is 2. The van der Waals surface area contributed by atoms with Crippen LogP contribution in [0.25, 0.3) is 0 Å². The van der Waals surface area contributed by atoms with Crippen molar-refractivity contribution in [3.63, 3.8) is 0 Å². The molecule has 0 spiro atoms. The lowest BCUT2D eigenvalue weighted by Gasteiger charge is -2.24. The first-order valence-electron chi connectivity index (χ1n) is 9.25. The second-order valence-electron chi connectivity index (χ2n) is 6.70. The van der Waals surface area contributed by atoms with E-state index in [1.807, 2.05) is 43.3 Å². The molecule has 4 rings (SSSR count). The minimum atomic E-state index is -0.141. The van der Waals surface area contributed by atoms with Gasteiger partial charge in [-0.1, -0.05) is 36.4 Å². The highest BCUT2D eigenvalue weighted by Gasteiger charge is 2.28. The minimum Gasteiger partial charge on any atom is -0.322 e. The molecule has 0 aliphatic carbocycles. The molecule has 2 heterocycles. The predicted octanol–water partition coefficient (Wildman–Crippen LogP) is 4.23. The summed E-state index contributed by atoms with van der Waals surface area (Å²) in [6.45, 7) is 4.70. The van der Waals surface area contributed by atoms with Gasteiger partial charge in [-0.15, -0.1) is 0 Å². The molecule has 0 N–H and O–H groups in total. The molecule has 0 radical (unpaired) electrons. The lowest BCUT2D eigenvalue weighted by molar-refractivity contribution is 0.0983. The Bertz CT molecular complexity index is 940. The van der Waals surface area contributed by atoms with Crippen LogP contribution in [-0.4, -0.2) is 28.5 Å². The molecule has 5 heteroatoms. The van der Waals surface area contributed by atoms with Gasteiger partial charge in [0.15, 0.2) is 5.82 Å². The van der Waals surface area contributed by atoms with Gasteiger partial charge in [-0.05, 0) is 44.0 Å². The van der Waals surface area contributed by atoms with Gasteiger partial charge >= 0.3 is 0 Å². The van der Waals surface area contributed by atoms with Crippen LogP contribution in [0.2, 0.25) is 0 Å². The van der Waals surface area contributed by atoms with Crippen molar-refractivity contribution in [1.82, 2.24) is 9.97 Å². The fraction of sp³-hybridized carbons (Fsp3) is 0.227. The fourth-order valence-corrected chi connectivity index (χ4v) is 3.66. The molecule has 1 aliphatic rings. The number of benzene rings is 2. The van der Waals surface area contributed by atoms with E-state index in [1.165, 1.54) is 5.56 Å². The fourth-order valence-electron chi connectivity index (χ4n) is 3.66. The van der Waals surface area contributed by atoms with Gasteiger partial charge in [-0.25, -0.2) is 9.97 Å². The minimum absolute atomic E-state index is 0.141. The first-order chi connectivity index (χ1) is 13.2. The van der Waals surface area contributed by atoms with E-state index < -0.39 is 0 Å². The van der Waals surface area contributed by atoms with Crippen molar-refractivity contribution in [1.29, 1.82) is 0 Å². The van der Waals surface area contributed by atoms with Crippen LogP contribution in [0.4, 0.5) is 17.2 Å². The molecule has 0 fully saturated rings. The Labute approximate surface area is 159 Å². The van der Waals surface area contributed by atoms with Crippen LogP contribution < -0.4 is 9.80 Å². The molecule has 5 nitrogen and oxygen atoms in total. The van der Waals surface area contributed by atoms with Gasteiger partial charge in [0, 0.05) is 24.0 Å². The summed E-state index contributed by atoms with van der Waals surface area (Å²) in [5, 5.41) is 0. The molecule has 27 heavy (non-hydrogen) atoms. The molecular weight excluding hydrogens is 336 g/mol. The highest BCUT2D eigenvalue weighted by atomic mass is 16.2. The average molecular weight is 358 g/mol. The number of anilines is 3. The van der Waals surface area contributed by atoms with Crippen LogP contribution in [0.5, 0.6) is 0 Å². The predicted molar refractivity (Wildman–Crippen MR) is 108 cm³/mol. The highest BCUT2D eigenvalue weighted by molar-refractivity contribution is 6.04. The van der Waals surface area contributed by atoms with E-state index in [1.54, 1.807) is 17.3 Å². The standard InChI is InChI=1S/C22H22N4O/c1-3-25(18-10-5-4-6-11-18)22(27)19-14-24-21(15-23-19)26-16(2)13-17-9-7-8-12-20(17)26/h4-12,14-16H,3,13H2,1-2H3. The lowest BCUT2D eigenvalue weighted by Crippen LogP contribution is -2.31. The molecule has 2 aromatic carbocycles. The maximum Gasteiger partial charge on any atom is 0.278 e. The Morgan fingerprint density at radius 3 is 2.52 bits per heavy atom. The zero-order valence-corrected chi connectivity index (χ0v) is 15.5. The molecule has 1 unspecified atom stereocenters. The van der Waals surface area contributed by atoms with Gasteiger partial charge in [0.1, 0.15) is 5.69 Å². The van der Waals surface area contributed by atoms with Crippen LogP contribution in [0.15, 0.2) is 67.0 Å². The number of carbonyl (C=O) groups is 1. The summed E-state index contributed by atoms with van der Waals surface area (Å²) in [6.07, 6.45) is 4.26. The Kier molecular flexibility index (Phi) is 4.59. The molecule has 0 saturated heterocycles. The van der Waals surface area contributed by atoms with Crippen molar-refractivity contribution in [2.75, 3.05) is 16.3 Å². The molecule has 0 bridgehead atoms. The lowest BCUT2D eigenvalue weighted by atomic mass is 10.1. The number of carbonyl (C=O) groups excluding carboxylic acids is 1. The Morgan fingerprint density at radius 1 is 1.07 bits per heavy atom. The van der Waals surface area contributed by atoms with Crippen molar-refractivity contribution >= 4 is 23.1 Å². The van der Waals surface area contributed by atoms with Gasteiger partial charge in [0.25, 0.3) is 5.91 Å². The third-order valence-corrected chi connectivity index (χ3v) is 4.94. The first kappa shape index (κ1) is 17.2. The van der Waals surface area contributed by atoms with Gasteiger partial charge in [-0.3, -0.25) is 4.79 Å². The first-order valence-corrected chi connectivity index (χ1v) is 9.25. The summed E-state index contributed by atoms with van der Waals surface area (Å²) in [7, 11) is 0. The van der Waals surface area contributed by atoms with Gasteiger partial charge in [0.05, 0.1) is 12.4 Å². The molecule has 136 valence electrons. The highest BCUT2D eigenvalue weighted by Crippen LogP contribution is 2.36. The summed E-state index contributed by atoms with van der Waals surface area (Å²) < 4.78 is 0. The van der Waals surface area contributed by atoms with E-state index in [9.17, 15) is 4.79 Å². The van der Waals surface area contributed by atoms with Crippen LogP contribution in [0.3, 0.4) is 0 Å². The number of hydrogen-bond acceptors (Lipinski definition) is 4. The van der Waals surface area contributed by atoms with E-state index in [0.717, 1.165) is 23.6 Å². The Balaban J connectivity index is 1.60. The Hall–Kier alpha value is -3.21. The second kappa shape index (κ2) is 7.19. The number of hydrogen-bond donors (Lipinski definition) is 0. The summed E-state index contributed by atoms with van der Waals surface area (Å²) in [4.78, 5) is 25.8. The molecule has 0 saturated carbocycles. The summed E-state index contributed by atoms with van der Waals surface area (Å²) in [5.41, 5.74) is 3.69. The zero-order valence-electron chi connectivity index (χ0n) is 15.5. The third kappa shape index (κ3) is 3.16. The van der Waals surface area contributed by atoms with Crippen molar-refractivity contribution in [3.05, 3.63) is 78.2 Å². The second-order valence-corrected chi connectivity index (χ2v) is 6.70. The SMILES string of the molecule is CCN(C(=O)c1cnc(N2c3ccccc3CC2C)cn1)c1ccccc1. The van der Waals surface area contributed by atoms with Gasteiger partial charge in [-0.2, -0.15) is 0 Å². The quantitative estimate of drug-likeness (QED) is 0.700. The van der Waals surface area contributed by atoms with Crippen molar-refractivity contribution in [2.24, 2.45) is 0 Å². The summed E-state index contributed by atoms with van der Waals surface area (Å²) in [6, 6.07) is 18.3. The molecule has 1 atom stereocenters. The monoisotopic (exact) mass is 358 g/mol. The van der Waals surface area contributed by atoms with Crippen molar-refractivity contribution in [3.8, 4) is 0 Å².